The van der Waals surface area contributed by atoms with Crippen LogP contribution in [0.1, 0.15) is 27.7 Å². The lowest BCUT2D eigenvalue weighted by Crippen LogP contribution is -2.41. The average molecular weight is 173 g/mol. The van der Waals surface area contributed by atoms with E-state index in [0.717, 1.165) is 0 Å². The van der Waals surface area contributed by atoms with Gasteiger partial charge in [0, 0.05) is 12.0 Å². The molecule has 0 bridgehead atoms. The lowest BCUT2D eigenvalue weighted by atomic mass is 9.80. The van der Waals surface area contributed by atoms with Gasteiger partial charge in [-0.2, -0.15) is 0 Å². The van der Waals surface area contributed by atoms with Crippen molar-refractivity contribution < 1.29 is 9.90 Å². The predicted octanol–water partition coefficient (Wildman–Crippen LogP) is 0.777. The molecular weight excluding hydrogens is 154 g/mol. The Bertz CT molecular complexity index is 153. The van der Waals surface area contributed by atoms with E-state index < -0.39 is 0 Å². The van der Waals surface area contributed by atoms with Crippen LogP contribution >= 0.6 is 0 Å². The monoisotopic (exact) mass is 173 g/mol. The van der Waals surface area contributed by atoms with Crippen LogP contribution < -0.4 is 5.32 Å². The molecule has 0 fully saturated rings. The van der Waals surface area contributed by atoms with E-state index in [0.29, 0.717) is 12.5 Å². The number of carbonyl (C=O) groups is 1. The molecule has 0 heterocycles. The van der Waals surface area contributed by atoms with Crippen LogP contribution in [-0.4, -0.2) is 24.2 Å². The Kier molecular flexibility index (Phi) is 4.24. The number of aliphatic hydroxyl groups excluding tert-OH is 1. The normalized spacial score (nSPS) is 11.8. The van der Waals surface area contributed by atoms with Crippen LogP contribution in [0, 0.1) is 11.3 Å². The van der Waals surface area contributed by atoms with Crippen LogP contribution in [0.4, 0.5) is 0 Å². The molecule has 0 aromatic rings. The summed E-state index contributed by atoms with van der Waals surface area (Å²) >= 11 is 0. The zero-order valence-corrected chi connectivity index (χ0v) is 8.35. The van der Waals surface area contributed by atoms with Gasteiger partial charge in [0.25, 0.3) is 0 Å². The molecule has 0 aliphatic heterocycles. The van der Waals surface area contributed by atoms with Crippen molar-refractivity contribution >= 4 is 5.91 Å². The third kappa shape index (κ3) is 2.81. The van der Waals surface area contributed by atoms with Crippen LogP contribution in [0.2, 0.25) is 0 Å². The first-order chi connectivity index (χ1) is 5.42. The summed E-state index contributed by atoms with van der Waals surface area (Å²) < 4.78 is 0. The van der Waals surface area contributed by atoms with Crippen molar-refractivity contribution in [2.75, 3.05) is 13.2 Å². The van der Waals surface area contributed by atoms with E-state index in [-0.39, 0.29) is 17.9 Å². The van der Waals surface area contributed by atoms with Gasteiger partial charge in [0.2, 0.25) is 5.91 Å². The Balaban J connectivity index is 4.07. The van der Waals surface area contributed by atoms with E-state index in [2.05, 4.69) is 5.32 Å². The second-order valence-corrected chi connectivity index (χ2v) is 3.86. The maximum Gasteiger partial charge on any atom is 0.225 e. The van der Waals surface area contributed by atoms with Crippen LogP contribution in [0.15, 0.2) is 0 Å². The maximum absolute atomic E-state index is 11.4. The molecular formula is C9H19NO2. The smallest absolute Gasteiger partial charge is 0.225 e. The fourth-order valence-electron chi connectivity index (χ4n) is 0.659. The largest absolute Gasteiger partial charge is 0.395 e. The predicted molar refractivity (Wildman–Crippen MR) is 48.7 cm³/mol. The molecule has 0 aliphatic rings. The highest BCUT2D eigenvalue weighted by Gasteiger charge is 2.30. The molecule has 0 saturated heterocycles. The topological polar surface area (TPSA) is 49.3 Å². The summed E-state index contributed by atoms with van der Waals surface area (Å²) in [5, 5.41) is 11.2. The van der Waals surface area contributed by atoms with Crippen molar-refractivity contribution in [2.24, 2.45) is 11.3 Å². The maximum atomic E-state index is 11.4. The number of amides is 1. The van der Waals surface area contributed by atoms with Gasteiger partial charge in [0.15, 0.2) is 0 Å². The van der Waals surface area contributed by atoms with Crippen LogP contribution in [-0.2, 0) is 4.79 Å². The van der Waals surface area contributed by atoms with Crippen molar-refractivity contribution in [3.63, 3.8) is 0 Å². The molecule has 2 N–H and O–H groups in total. The van der Waals surface area contributed by atoms with E-state index in [1.165, 1.54) is 0 Å². The summed E-state index contributed by atoms with van der Waals surface area (Å²) in [4.78, 5) is 11.4. The van der Waals surface area contributed by atoms with Gasteiger partial charge in [-0.05, 0) is 5.92 Å². The van der Waals surface area contributed by atoms with E-state index in [4.69, 9.17) is 5.11 Å². The van der Waals surface area contributed by atoms with Gasteiger partial charge >= 0.3 is 0 Å². The highest BCUT2D eigenvalue weighted by Crippen LogP contribution is 2.25. The summed E-state index contributed by atoms with van der Waals surface area (Å²) in [6.07, 6.45) is 0. The zero-order valence-electron chi connectivity index (χ0n) is 8.35. The molecule has 72 valence electrons. The van der Waals surface area contributed by atoms with Gasteiger partial charge in [0.05, 0.1) is 6.61 Å². The molecule has 3 nitrogen and oxygen atoms in total. The minimum Gasteiger partial charge on any atom is -0.395 e. The number of carbonyl (C=O) groups excluding carboxylic acids is 1. The fraction of sp³-hybridized carbons (Fsp3) is 0.889. The van der Waals surface area contributed by atoms with Gasteiger partial charge in [-0.25, -0.2) is 0 Å². The second kappa shape index (κ2) is 4.45. The first-order valence-electron chi connectivity index (χ1n) is 4.32. The lowest BCUT2D eigenvalue weighted by molar-refractivity contribution is -0.131. The minimum atomic E-state index is -0.352. The standard InChI is InChI=1S/C9H19NO2/c1-7(2)9(3,4)8(12)10-5-6-11/h7,11H,5-6H2,1-4H3,(H,10,12). The van der Waals surface area contributed by atoms with Gasteiger partial charge in [0.1, 0.15) is 0 Å². The Morgan fingerprint density at radius 2 is 2.00 bits per heavy atom. The molecule has 0 aromatic heterocycles. The first kappa shape index (κ1) is 11.4. The van der Waals surface area contributed by atoms with E-state index in [1.807, 2.05) is 27.7 Å². The van der Waals surface area contributed by atoms with Crippen LogP contribution in [0.3, 0.4) is 0 Å². The number of hydrogen-bond acceptors (Lipinski definition) is 2. The Morgan fingerprint density at radius 1 is 1.50 bits per heavy atom. The van der Waals surface area contributed by atoms with E-state index in [9.17, 15) is 4.79 Å². The highest BCUT2D eigenvalue weighted by molar-refractivity contribution is 5.81. The number of hydrogen-bond donors (Lipinski definition) is 2. The van der Waals surface area contributed by atoms with Crippen molar-refractivity contribution in [3.8, 4) is 0 Å². The SMILES string of the molecule is CC(C)C(C)(C)C(=O)NCCO. The first-order valence-corrected chi connectivity index (χ1v) is 4.32. The number of aliphatic hydroxyl groups is 1. The molecule has 12 heavy (non-hydrogen) atoms. The lowest BCUT2D eigenvalue weighted by Gasteiger charge is -2.27. The van der Waals surface area contributed by atoms with Gasteiger partial charge in [-0.3, -0.25) is 4.79 Å². The second-order valence-electron chi connectivity index (χ2n) is 3.86. The van der Waals surface area contributed by atoms with Crippen LogP contribution in [0.25, 0.3) is 0 Å². The Hall–Kier alpha value is -0.570. The fourth-order valence-corrected chi connectivity index (χ4v) is 0.659. The molecule has 0 atom stereocenters. The van der Waals surface area contributed by atoms with Gasteiger partial charge < -0.3 is 10.4 Å². The van der Waals surface area contributed by atoms with Crippen molar-refractivity contribution in [2.45, 2.75) is 27.7 Å². The zero-order chi connectivity index (χ0) is 9.78. The molecule has 0 rings (SSSR count). The van der Waals surface area contributed by atoms with Crippen molar-refractivity contribution in [1.82, 2.24) is 5.32 Å². The number of rotatable bonds is 4. The van der Waals surface area contributed by atoms with Crippen molar-refractivity contribution in [3.05, 3.63) is 0 Å². The van der Waals surface area contributed by atoms with Gasteiger partial charge in [-0.15, -0.1) is 0 Å². The summed E-state index contributed by atoms with van der Waals surface area (Å²) in [7, 11) is 0. The Morgan fingerprint density at radius 3 is 2.33 bits per heavy atom. The van der Waals surface area contributed by atoms with Gasteiger partial charge in [-0.1, -0.05) is 27.7 Å². The van der Waals surface area contributed by atoms with E-state index in [1.54, 1.807) is 0 Å². The summed E-state index contributed by atoms with van der Waals surface area (Å²) in [6, 6.07) is 0. The third-order valence-electron chi connectivity index (χ3n) is 2.43. The molecule has 0 radical (unpaired) electrons. The summed E-state index contributed by atoms with van der Waals surface area (Å²) in [5.41, 5.74) is -0.352. The molecule has 0 aliphatic carbocycles. The molecule has 0 saturated carbocycles. The van der Waals surface area contributed by atoms with Crippen molar-refractivity contribution in [1.29, 1.82) is 0 Å². The summed E-state index contributed by atoms with van der Waals surface area (Å²) in [5.74, 6) is 0.308. The van der Waals surface area contributed by atoms with E-state index >= 15 is 0 Å². The third-order valence-corrected chi connectivity index (χ3v) is 2.43. The molecule has 0 spiro atoms. The molecule has 0 unspecified atom stereocenters. The highest BCUT2D eigenvalue weighted by atomic mass is 16.3. The quantitative estimate of drug-likeness (QED) is 0.660. The average Bonchev–Trinajstić information content (AvgIpc) is 1.99. The molecule has 1 amide bonds. The number of nitrogens with one attached hydrogen (secondary N) is 1. The minimum absolute atomic E-state index is 0.0000841. The molecule has 3 heteroatoms. The van der Waals surface area contributed by atoms with Crippen LogP contribution in [0.5, 0.6) is 0 Å². The molecule has 0 aromatic carbocycles. The Labute approximate surface area is 74.2 Å². The summed E-state index contributed by atoms with van der Waals surface area (Å²) in [6.45, 7) is 8.18.